The van der Waals surface area contributed by atoms with Gasteiger partial charge >= 0.3 is 0 Å². The second kappa shape index (κ2) is 5.71. The van der Waals surface area contributed by atoms with E-state index in [1.54, 1.807) is 12.5 Å². The Kier molecular flexibility index (Phi) is 3.79. The van der Waals surface area contributed by atoms with E-state index >= 15 is 0 Å². The summed E-state index contributed by atoms with van der Waals surface area (Å²) in [4.78, 5) is 2.25. The summed E-state index contributed by atoms with van der Waals surface area (Å²) >= 11 is 0. The number of aryl methyl sites for hydroxylation is 1. The highest BCUT2D eigenvalue weighted by Crippen LogP contribution is 2.22. The molecule has 0 unspecified atom stereocenters. The molecule has 3 nitrogen and oxygen atoms in total. The molecule has 2 aromatic rings. The fourth-order valence-electron chi connectivity index (χ4n) is 2.41. The van der Waals surface area contributed by atoms with E-state index in [0.717, 1.165) is 19.1 Å². The minimum Gasteiger partial charge on any atom is -0.472 e. The van der Waals surface area contributed by atoms with Crippen LogP contribution in [-0.2, 0) is 13.1 Å². The number of nitrogens with one attached hydrogen (secondary N) is 1. The predicted molar refractivity (Wildman–Crippen MR) is 81.9 cm³/mol. The molecule has 0 aliphatic heterocycles. The van der Waals surface area contributed by atoms with Gasteiger partial charge in [0.15, 0.2) is 0 Å². The molecule has 0 amide bonds. The van der Waals surface area contributed by atoms with Crippen LogP contribution < -0.4 is 10.2 Å². The lowest BCUT2D eigenvalue weighted by atomic mass is 10.1. The lowest BCUT2D eigenvalue weighted by Crippen LogP contribution is -2.18. The molecule has 1 heterocycles. The fourth-order valence-corrected chi connectivity index (χ4v) is 2.41. The van der Waals surface area contributed by atoms with E-state index < -0.39 is 0 Å². The summed E-state index contributed by atoms with van der Waals surface area (Å²) in [6.07, 6.45) is 6.20. The molecule has 1 aromatic carbocycles. The van der Waals surface area contributed by atoms with Crippen LogP contribution >= 0.6 is 0 Å². The maximum absolute atomic E-state index is 5.12. The lowest BCUT2D eigenvalue weighted by molar-refractivity contribution is 0.563. The maximum atomic E-state index is 5.12. The van der Waals surface area contributed by atoms with Crippen molar-refractivity contribution in [3.63, 3.8) is 0 Å². The molecule has 0 bridgehead atoms. The van der Waals surface area contributed by atoms with Gasteiger partial charge in [-0.2, -0.15) is 0 Å². The molecule has 0 spiro atoms. The van der Waals surface area contributed by atoms with E-state index in [9.17, 15) is 0 Å². The number of benzene rings is 1. The Morgan fingerprint density at radius 1 is 1.30 bits per heavy atom. The van der Waals surface area contributed by atoms with Gasteiger partial charge in [-0.1, -0.05) is 6.07 Å². The smallest absolute Gasteiger partial charge is 0.0952 e. The molecule has 1 aliphatic rings. The van der Waals surface area contributed by atoms with Crippen LogP contribution in [0.4, 0.5) is 5.69 Å². The second-order valence-corrected chi connectivity index (χ2v) is 5.75. The van der Waals surface area contributed by atoms with Gasteiger partial charge in [0, 0.05) is 37.4 Å². The van der Waals surface area contributed by atoms with Crippen molar-refractivity contribution < 1.29 is 4.42 Å². The molecule has 1 fully saturated rings. The standard InChI is InChI=1S/C17H22N2O/c1-13-9-17(19(2)11-14-7-8-20-12-14)6-3-15(13)10-18-16-4-5-16/h3,6-9,12,16,18H,4-5,10-11H2,1-2H3. The van der Waals surface area contributed by atoms with Crippen molar-refractivity contribution in [1.29, 1.82) is 0 Å². The number of anilines is 1. The molecule has 20 heavy (non-hydrogen) atoms. The summed E-state index contributed by atoms with van der Waals surface area (Å²) in [6.45, 7) is 4.05. The van der Waals surface area contributed by atoms with Gasteiger partial charge in [-0.05, 0) is 49.1 Å². The second-order valence-electron chi connectivity index (χ2n) is 5.75. The lowest BCUT2D eigenvalue weighted by Gasteiger charge is -2.20. The van der Waals surface area contributed by atoms with Crippen LogP contribution in [0.5, 0.6) is 0 Å². The molecular weight excluding hydrogens is 248 g/mol. The maximum Gasteiger partial charge on any atom is 0.0952 e. The van der Waals surface area contributed by atoms with E-state index in [0.29, 0.717) is 0 Å². The zero-order chi connectivity index (χ0) is 13.9. The van der Waals surface area contributed by atoms with Crippen LogP contribution in [0.2, 0.25) is 0 Å². The van der Waals surface area contributed by atoms with Crippen LogP contribution in [0.25, 0.3) is 0 Å². The Morgan fingerprint density at radius 3 is 2.80 bits per heavy atom. The molecule has 1 N–H and O–H groups in total. The predicted octanol–water partition coefficient (Wildman–Crippen LogP) is 3.48. The van der Waals surface area contributed by atoms with Crippen molar-refractivity contribution in [1.82, 2.24) is 5.32 Å². The summed E-state index contributed by atoms with van der Waals surface area (Å²) in [5.74, 6) is 0. The summed E-state index contributed by atoms with van der Waals surface area (Å²) in [6, 6.07) is 9.49. The Bertz CT molecular complexity index is 558. The molecule has 0 saturated heterocycles. The third-order valence-electron chi connectivity index (χ3n) is 3.93. The first-order valence-electron chi connectivity index (χ1n) is 7.27. The van der Waals surface area contributed by atoms with E-state index in [-0.39, 0.29) is 0 Å². The van der Waals surface area contributed by atoms with Crippen LogP contribution in [0.15, 0.2) is 41.2 Å². The number of hydrogen-bond donors (Lipinski definition) is 1. The summed E-state index contributed by atoms with van der Waals surface area (Å²) in [7, 11) is 2.11. The van der Waals surface area contributed by atoms with Crippen molar-refractivity contribution in [2.45, 2.75) is 38.9 Å². The molecule has 0 atom stereocenters. The van der Waals surface area contributed by atoms with Gasteiger partial charge in [0.05, 0.1) is 12.5 Å². The molecule has 1 aliphatic carbocycles. The van der Waals surface area contributed by atoms with Gasteiger partial charge in [-0.3, -0.25) is 0 Å². The minimum atomic E-state index is 0.762. The third-order valence-corrected chi connectivity index (χ3v) is 3.93. The molecule has 3 rings (SSSR count). The Hall–Kier alpha value is -1.74. The molecular formula is C17H22N2O. The van der Waals surface area contributed by atoms with Crippen molar-refractivity contribution in [2.24, 2.45) is 0 Å². The Labute approximate surface area is 120 Å². The highest BCUT2D eigenvalue weighted by molar-refractivity contribution is 5.50. The average Bonchev–Trinajstić information content (AvgIpc) is 3.13. The van der Waals surface area contributed by atoms with Gasteiger partial charge in [0.2, 0.25) is 0 Å². The van der Waals surface area contributed by atoms with Crippen molar-refractivity contribution >= 4 is 5.69 Å². The van der Waals surface area contributed by atoms with E-state index in [1.165, 1.54) is 35.2 Å². The number of hydrogen-bond acceptors (Lipinski definition) is 3. The Morgan fingerprint density at radius 2 is 2.15 bits per heavy atom. The first-order chi connectivity index (χ1) is 9.72. The van der Waals surface area contributed by atoms with Crippen molar-refractivity contribution in [3.8, 4) is 0 Å². The zero-order valence-corrected chi connectivity index (χ0v) is 12.2. The van der Waals surface area contributed by atoms with Gasteiger partial charge < -0.3 is 14.6 Å². The first-order valence-corrected chi connectivity index (χ1v) is 7.27. The highest BCUT2D eigenvalue weighted by Gasteiger charge is 2.20. The number of rotatable bonds is 6. The van der Waals surface area contributed by atoms with Crippen molar-refractivity contribution in [3.05, 3.63) is 53.5 Å². The molecule has 0 radical (unpaired) electrons. The van der Waals surface area contributed by atoms with Gasteiger partial charge in [-0.25, -0.2) is 0 Å². The molecule has 3 heteroatoms. The minimum absolute atomic E-state index is 0.762. The van der Waals surface area contributed by atoms with E-state index in [4.69, 9.17) is 4.42 Å². The molecule has 1 aromatic heterocycles. The largest absolute Gasteiger partial charge is 0.472 e. The summed E-state index contributed by atoms with van der Waals surface area (Å²) in [5.41, 5.74) is 5.20. The SMILES string of the molecule is Cc1cc(N(C)Cc2ccoc2)ccc1CNC1CC1. The van der Waals surface area contributed by atoms with Crippen molar-refractivity contribution in [2.75, 3.05) is 11.9 Å². The topological polar surface area (TPSA) is 28.4 Å². The number of nitrogens with zero attached hydrogens (tertiary/aromatic N) is 1. The van der Waals surface area contributed by atoms with Crippen LogP contribution in [0, 0.1) is 6.92 Å². The summed E-state index contributed by atoms with van der Waals surface area (Å²) in [5, 5.41) is 3.57. The summed E-state index contributed by atoms with van der Waals surface area (Å²) < 4.78 is 5.12. The van der Waals surface area contributed by atoms with Gasteiger partial charge in [-0.15, -0.1) is 0 Å². The van der Waals surface area contributed by atoms with E-state index in [2.05, 4.69) is 42.4 Å². The normalized spacial score (nSPS) is 14.5. The van der Waals surface area contributed by atoms with Gasteiger partial charge in [0.25, 0.3) is 0 Å². The number of furan rings is 1. The fraction of sp³-hybridized carbons (Fsp3) is 0.412. The highest BCUT2D eigenvalue weighted by atomic mass is 16.3. The first kappa shape index (κ1) is 13.3. The quantitative estimate of drug-likeness (QED) is 0.871. The average molecular weight is 270 g/mol. The van der Waals surface area contributed by atoms with Crippen LogP contribution in [-0.4, -0.2) is 13.1 Å². The van der Waals surface area contributed by atoms with Crippen LogP contribution in [0.1, 0.15) is 29.5 Å². The third kappa shape index (κ3) is 3.23. The molecule has 106 valence electrons. The zero-order valence-electron chi connectivity index (χ0n) is 12.2. The molecule has 1 saturated carbocycles. The Balaban J connectivity index is 1.65. The van der Waals surface area contributed by atoms with Crippen LogP contribution in [0.3, 0.4) is 0 Å². The van der Waals surface area contributed by atoms with E-state index in [1.807, 2.05) is 6.07 Å². The monoisotopic (exact) mass is 270 g/mol. The van der Waals surface area contributed by atoms with Gasteiger partial charge in [0.1, 0.15) is 0 Å².